The molecule has 4 aromatic rings. The molecule has 174 valence electrons. The standard InChI is InChI=1S/C27H21N3O5/c1-17(31)18-8-10-19(11-9-18)26(24-7-4-12-35-24)29-27(34)20(14-28)13-21-15-30(16-25(32)33)23-6-3-2-5-22(21)23/h2-13,15,26H,16H2,1H3,(H,29,34)(H,32,33)/b20-13+. The minimum absolute atomic E-state index is 0.0769. The summed E-state index contributed by atoms with van der Waals surface area (Å²) in [5.74, 6) is -1.24. The minimum Gasteiger partial charge on any atom is -0.480 e. The van der Waals surface area contributed by atoms with Crippen LogP contribution in [-0.4, -0.2) is 27.3 Å². The minimum atomic E-state index is -1.00. The van der Waals surface area contributed by atoms with Gasteiger partial charge in [-0.3, -0.25) is 14.4 Å². The Balaban J connectivity index is 1.68. The van der Waals surface area contributed by atoms with Crippen LogP contribution in [0.15, 0.2) is 83.1 Å². The summed E-state index contributed by atoms with van der Waals surface area (Å²) in [6.45, 7) is 1.22. The Labute approximate surface area is 200 Å². The molecule has 0 aliphatic heterocycles. The van der Waals surface area contributed by atoms with E-state index in [0.29, 0.717) is 28.0 Å². The van der Waals surface area contributed by atoms with E-state index in [1.165, 1.54) is 19.3 Å². The summed E-state index contributed by atoms with van der Waals surface area (Å²) in [4.78, 5) is 36.0. The highest BCUT2D eigenvalue weighted by Crippen LogP contribution is 2.26. The summed E-state index contributed by atoms with van der Waals surface area (Å²) in [7, 11) is 0. The summed E-state index contributed by atoms with van der Waals surface area (Å²) < 4.78 is 7.07. The molecule has 8 nitrogen and oxygen atoms in total. The Hall–Kier alpha value is -4.90. The predicted octanol–water partition coefficient (Wildman–Crippen LogP) is 4.33. The molecule has 2 aromatic heterocycles. The van der Waals surface area contributed by atoms with E-state index >= 15 is 0 Å². The molecule has 4 rings (SSSR count). The number of carboxylic acids is 1. The van der Waals surface area contributed by atoms with E-state index in [-0.39, 0.29) is 17.9 Å². The Bertz CT molecular complexity index is 1470. The Morgan fingerprint density at radius 1 is 1.11 bits per heavy atom. The van der Waals surface area contributed by atoms with Crippen molar-refractivity contribution < 1.29 is 23.9 Å². The van der Waals surface area contributed by atoms with Gasteiger partial charge in [-0.1, -0.05) is 42.5 Å². The van der Waals surface area contributed by atoms with Gasteiger partial charge in [0, 0.05) is 28.2 Å². The number of furan rings is 1. The molecule has 8 heteroatoms. The first-order chi connectivity index (χ1) is 16.9. The van der Waals surface area contributed by atoms with Crippen molar-refractivity contribution in [2.75, 3.05) is 0 Å². The fourth-order valence-corrected chi connectivity index (χ4v) is 3.86. The monoisotopic (exact) mass is 467 g/mol. The number of nitrogens with zero attached hydrogens (tertiary/aromatic N) is 2. The number of nitriles is 1. The van der Waals surface area contributed by atoms with Gasteiger partial charge < -0.3 is 19.4 Å². The first-order valence-corrected chi connectivity index (χ1v) is 10.7. The number of hydrogen-bond donors (Lipinski definition) is 2. The molecule has 0 bridgehead atoms. The van der Waals surface area contributed by atoms with Gasteiger partial charge in [0.2, 0.25) is 0 Å². The molecular formula is C27H21N3O5. The van der Waals surface area contributed by atoms with Crippen LogP contribution >= 0.6 is 0 Å². The summed E-state index contributed by atoms with van der Waals surface area (Å²) in [5, 5.41) is 22.5. The second-order valence-corrected chi connectivity index (χ2v) is 7.89. The third kappa shape index (κ3) is 5.04. The fourth-order valence-electron chi connectivity index (χ4n) is 3.86. The van der Waals surface area contributed by atoms with Gasteiger partial charge in [-0.05, 0) is 36.8 Å². The SMILES string of the molecule is CC(=O)c1ccc(C(NC(=O)/C(C#N)=C/c2cn(CC(=O)O)c3ccccc23)c2ccco2)cc1. The van der Waals surface area contributed by atoms with Crippen molar-refractivity contribution in [3.05, 3.63) is 101 Å². The van der Waals surface area contributed by atoms with Crippen molar-refractivity contribution in [3.8, 4) is 6.07 Å². The fraction of sp³-hybridized carbons (Fsp3) is 0.111. The van der Waals surface area contributed by atoms with Crippen LogP contribution in [0.4, 0.5) is 0 Å². The quantitative estimate of drug-likeness (QED) is 0.226. The number of ketones is 1. The molecule has 0 saturated heterocycles. The van der Waals surface area contributed by atoms with Crippen molar-refractivity contribution in [2.45, 2.75) is 19.5 Å². The molecule has 0 spiro atoms. The molecule has 2 aromatic carbocycles. The zero-order chi connectivity index (χ0) is 24.9. The van der Waals surface area contributed by atoms with Gasteiger partial charge >= 0.3 is 5.97 Å². The molecule has 2 heterocycles. The largest absolute Gasteiger partial charge is 0.480 e. The van der Waals surface area contributed by atoms with Crippen LogP contribution in [0.25, 0.3) is 17.0 Å². The molecule has 2 N–H and O–H groups in total. The number of carboxylic acid groups (broad SMARTS) is 1. The maximum atomic E-state index is 13.2. The lowest BCUT2D eigenvalue weighted by Gasteiger charge is -2.17. The van der Waals surface area contributed by atoms with E-state index in [2.05, 4.69) is 5.32 Å². The summed E-state index contributed by atoms with van der Waals surface area (Å²) >= 11 is 0. The molecule has 0 aliphatic carbocycles. The summed E-state index contributed by atoms with van der Waals surface area (Å²) in [5.41, 5.74) is 2.29. The number of Topliss-reactive ketones (excluding diaryl/α,β-unsaturated/α-hetero) is 1. The number of hydrogen-bond acceptors (Lipinski definition) is 5. The van der Waals surface area contributed by atoms with Crippen molar-refractivity contribution >= 4 is 34.6 Å². The smallest absolute Gasteiger partial charge is 0.323 e. The van der Waals surface area contributed by atoms with Gasteiger partial charge in [0.05, 0.1) is 6.26 Å². The molecule has 0 fully saturated rings. The number of carbonyl (C=O) groups is 3. The number of aliphatic carboxylic acids is 1. The van der Waals surface area contributed by atoms with Gasteiger partial charge in [-0.2, -0.15) is 5.26 Å². The first kappa shape index (κ1) is 23.3. The average Bonchev–Trinajstić information content (AvgIpc) is 3.49. The normalized spacial score (nSPS) is 12.2. The number of aromatic nitrogens is 1. The van der Waals surface area contributed by atoms with Crippen molar-refractivity contribution in [2.24, 2.45) is 0 Å². The van der Waals surface area contributed by atoms with Crippen molar-refractivity contribution in [3.63, 3.8) is 0 Å². The first-order valence-electron chi connectivity index (χ1n) is 10.7. The lowest BCUT2D eigenvalue weighted by Crippen LogP contribution is -2.30. The Morgan fingerprint density at radius 3 is 2.49 bits per heavy atom. The summed E-state index contributed by atoms with van der Waals surface area (Å²) in [6, 6.07) is 18.6. The Kier molecular flexibility index (Phi) is 6.60. The summed E-state index contributed by atoms with van der Waals surface area (Å²) in [6.07, 6.45) is 4.53. The highest BCUT2D eigenvalue weighted by atomic mass is 16.4. The molecule has 1 amide bonds. The molecule has 1 unspecified atom stereocenters. The topological polar surface area (TPSA) is 125 Å². The third-order valence-electron chi connectivity index (χ3n) is 5.54. The van der Waals surface area contributed by atoms with Crippen LogP contribution in [-0.2, 0) is 16.1 Å². The highest BCUT2D eigenvalue weighted by Gasteiger charge is 2.22. The van der Waals surface area contributed by atoms with E-state index < -0.39 is 17.9 Å². The molecule has 0 radical (unpaired) electrons. The number of rotatable bonds is 8. The van der Waals surface area contributed by atoms with Crippen LogP contribution < -0.4 is 5.32 Å². The van der Waals surface area contributed by atoms with E-state index in [1.807, 2.05) is 6.07 Å². The second-order valence-electron chi connectivity index (χ2n) is 7.89. The molecular weight excluding hydrogens is 446 g/mol. The maximum absolute atomic E-state index is 13.2. The maximum Gasteiger partial charge on any atom is 0.323 e. The second kappa shape index (κ2) is 9.93. The highest BCUT2D eigenvalue weighted by molar-refractivity contribution is 6.04. The lowest BCUT2D eigenvalue weighted by molar-refractivity contribution is -0.137. The zero-order valence-electron chi connectivity index (χ0n) is 18.8. The Morgan fingerprint density at radius 2 is 1.86 bits per heavy atom. The predicted molar refractivity (Wildman–Crippen MR) is 128 cm³/mol. The van der Waals surface area contributed by atoms with Gasteiger partial charge in [0.15, 0.2) is 5.78 Å². The molecule has 0 saturated carbocycles. The van der Waals surface area contributed by atoms with Crippen molar-refractivity contribution in [1.29, 1.82) is 5.26 Å². The lowest BCUT2D eigenvalue weighted by atomic mass is 10.0. The third-order valence-corrected chi connectivity index (χ3v) is 5.54. The van der Waals surface area contributed by atoms with E-state index in [0.717, 1.165) is 5.39 Å². The zero-order valence-corrected chi connectivity index (χ0v) is 18.8. The molecule has 35 heavy (non-hydrogen) atoms. The van der Waals surface area contributed by atoms with Gasteiger partial charge in [0.25, 0.3) is 5.91 Å². The number of carbonyl (C=O) groups excluding carboxylic acids is 2. The van der Waals surface area contributed by atoms with E-state index in [4.69, 9.17) is 4.42 Å². The van der Waals surface area contributed by atoms with Gasteiger partial charge in [-0.25, -0.2) is 0 Å². The number of amides is 1. The van der Waals surface area contributed by atoms with E-state index in [9.17, 15) is 24.8 Å². The number of fused-ring (bicyclic) bond motifs is 1. The van der Waals surface area contributed by atoms with Crippen molar-refractivity contribution in [1.82, 2.24) is 9.88 Å². The van der Waals surface area contributed by atoms with Crippen LogP contribution in [0.1, 0.15) is 40.2 Å². The average molecular weight is 467 g/mol. The van der Waals surface area contributed by atoms with Crippen LogP contribution in [0.3, 0.4) is 0 Å². The number of benzene rings is 2. The van der Waals surface area contributed by atoms with Crippen LogP contribution in [0.5, 0.6) is 0 Å². The van der Waals surface area contributed by atoms with Crippen LogP contribution in [0, 0.1) is 11.3 Å². The van der Waals surface area contributed by atoms with Crippen LogP contribution in [0.2, 0.25) is 0 Å². The molecule has 1 atom stereocenters. The number of para-hydroxylation sites is 1. The van der Waals surface area contributed by atoms with Gasteiger partial charge in [-0.15, -0.1) is 0 Å². The van der Waals surface area contributed by atoms with Gasteiger partial charge in [0.1, 0.15) is 30.0 Å². The molecule has 0 aliphatic rings. The van der Waals surface area contributed by atoms with E-state index in [1.54, 1.807) is 71.4 Å². The number of nitrogens with one attached hydrogen (secondary N) is 1.